The molecular weight excluding hydrogens is 393 g/mol. The van der Waals surface area contributed by atoms with E-state index >= 15 is 0 Å². The Morgan fingerprint density at radius 2 is 1.75 bits per heavy atom. The molecule has 2 aromatic rings. The van der Waals surface area contributed by atoms with Crippen LogP contribution < -0.4 is 0 Å². The maximum atomic E-state index is 13.2. The van der Waals surface area contributed by atoms with Crippen LogP contribution in [0.3, 0.4) is 0 Å². The van der Waals surface area contributed by atoms with E-state index < -0.39 is 0 Å². The summed E-state index contributed by atoms with van der Waals surface area (Å²) < 4.78 is 19.5. The van der Waals surface area contributed by atoms with Crippen LogP contribution in [0.15, 0.2) is 45.9 Å². The van der Waals surface area contributed by atoms with Gasteiger partial charge in [0.25, 0.3) is 5.91 Å². The fourth-order valence-electron chi connectivity index (χ4n) is 3.91. The topological polar surface area (TPSA) is 33.5 Å². The molecule has 4 rings (SSSR count). The van der Waals surface area contributed by atoms with Crippen molar-refractivity contribution in [1.29, 1.82) is 0 Å². The normalized spacial score (nSPS) is 20.6. The van der Waals surface area contributed by atoms with Gasteiger partial charge in [0.15, 0.2) is 0 Å². The van der Waals surface area contributed by atoms with Gasteiger partial charge < -0.3 is 4.42 Å². The lowest BCUT2D eigenvalue weighted by Crippen LogP contribution is -2.39. The Kier molecular flexibility index (Phi) is 5.97. The van der Waals surface area contributed by atoms with Crippen LogP contribution in [0.2, 0.25) is 0 Å². The number of halogens is 1. The van der Waals surface area contributed by atoms with E-state index in [0.29, 0.717) is 15.0 Å². The number of furan rings is 1. The minimum absolute atomic E-state index is 0.0259. The highest BCUT2D eigenvalue weighted by Gasteiger charge is 2.37. The monoisotopic (exact) mass is 415 g/mol. The molecule has 2 aliphatic rings. The number of carbonyl (C=O) groups is 1. The molecule has 1 aromatic heterocycles. The third-order valence-corrected chi connectivity index (χ3v) is 6.71. The highest BCUT2D eigenvalue weighted by molar-refractivity contribution is 8.26. The molecular formula is C22H22FNO2S2. The fraction of sp³-hybridized carbons (Fsp3) is 0.364. The number of thioether (sulfide) groups is 1. The van der Waals surface area contributed by atoms with Gasteiger partial charge in [0.2, 0.25) is 0 Å². The number of hydrogen-bond acceptors (Lipinski definition) is 4. The molecule has 1 aliphatic heterocycles. The number of nitrogens with zero attached hydrogens (tertiary/aromatic N) is 1. The first-order valence-corrected chi connectivity index (χ1v) is 11.0. The van der Waals surface area contributed by atoms with Gasteiger partial charge in [-0.15, -0.1) is 0 Å². The van der Waals surface area contributed by atoms with Crippen molar-refractivity contribution in [2.45, 2.75) is 51.0 Å². The van der Waals surface area contributed by atoms with Crippen LogP contribution >= 0.6 is 24.0 Å². The van der Waals surface area contributed by atoms with Gasteiger partial charge in [-0.25, -0.2) is 4.39 Å². The summed E-state index contributed by atoms with van der Waals surface area (Å²) >= 11 is 6.89. The SMILES string of the molecule is O=C1C(=Cc2occc2-c2ccc(F)cc2)SC(=S)N1C1CCCCCCC1. The molecule has 6 heteroatoms. The Bertz CT molecular complexity index is 896. The molecule has 1 saturated heterocycles. The molecule has 3 nitrogen and oxygen atoms in total. The molecule has 1 amide bonds. The molecule has 146 valence electrons. The Hall–Kier alpha value is -1.92. The van der Waals surface area contributed by atoms with Gasteiger partial charge in [-0.3, -0.25) is 9.69 Å². The molecule has 1 aromatic carbocycles. The zero-order chi connectivity index (χ0) is 19.5. The molecule has 0 bridgehead atoms. The van der Waals surface area contributed by atoms with Crippen molar-refractivity contribution >= 4 is 40.3 Å². The van der Waals surface area contributed by atoms with Crippen molar-refractivity contribution in [3.63, 3.8) is 0 Å². The number of amides is 1. The first-order valence-electron chi connectivity index (χ1n) is 9.74. The molecule has 0 N–H and O–H groups in total. The van der Waals surface area contributed by atoms with Crippen LogP contribution in [-0.4, -0.2) is 21.2 Å². The van der Waals surface area contributed by atoms with Gasteiger partial charge in [0.05, 0.1) is 11.2 Å². The smallest absolute Gasteiger partial charge is 0.266 e. The van der Waals surface area contributed by atoms with E-state index in [0.717, 1.165) is 36.8 Å². The van der Waals surface area contributed by atoms with Crippen LogP contribution in [-0.2, 0) is 4.79 Å². The molecule has 1 aliphatic carbocycles. The van der Waals surface area contributed by atoms with Crippen molar-refractivity contribution in [2.24, 2.45) is 0 Å². The van der Waals surface area contributed by atoms with E-state index in [1.165, 1.54) is 43.2 Å². The van der Waals surface area contributed by atoms with Crippen molar-refractivity contribution in [2.75, 3.05) is 0 Å². The van der Waals surface area contributed by atoms with E-state index in [-0.39, 0.29) is 17.8 Å². The predicted molar refractivity (Wildman–Crippen MR) is 115 cm³/mol. The zero-order valence-electron chi connectivity index (χ0n) is 15.5. The number of carbonyl (C=O) groups excluding carboxylic acids is 1. The molecule has 0 unspecified atom stereocenters. The third kappa shape index (κ3) is 4.08. The molecule has 0 radical (unpaired) electrons. The number of rotatable bonds is 3. The molecule has 28 heavy (non-hydrogen) atoms. The molecule has 2 heterocycles. The second-order valence-corrected chi connectivity index (χ2v) is 8.93. The summed E-state index contributed by atoms with van der Waals surface area (Å²) in [6.45, 7) is 0. The average Bonchev–Trinajstić information content (AvgIpc) is 3.21. The number of benzene rings is 1. The summed E-state index contributed by atoms with van der Waals surface area (Å²) in [7, 11) is 0. The van der Waals surface area contributed by atoms with Crippen LogP contribution in [0.4, 0.5) is 4.39 Å². The minimum Gasteiger partial charge on any atom is -0.464 e. The summed E-state index contributed by atoms with van der Waals surface area (Å²) in [4.78, 5) is 15.5. The first kappa shape index (κ1) is 19.4. The third-order valence-electron chi connectivity index (χ3n) is 5.38. The van der Waals surface area contributed by atoms with E-state index in [1.54, 1.807) is 24.5 Å². The lowest BCUT2D eigenvalue weighted by molar-refractivity contribution is -0.123. The Morgan fingerprint density at radius 1 is 1.07 bits per heavy atom. The predicted octanol–water partition coefficient (Wildman–Crippen LogP) is 6.40. The molecule has 1 saturated carbocycles. The first-order chi connectivity index (χ1) is 13.6. The summed E-state index contributed by atoms with van der Waals surface area (Å²) in [5.41, 5.74) is 1.67. The van der Waals surface area contributed by atoms with Crippen molar-refractivity contribution in [3.05, 3.63) is 53.1 Å². The van der Waals surface area contributed by atoms with Crippen LogP contribution in [0.25, 0.3) is 17.2 Å². The molecule has 2 fully saturated rings. The second kappa shape index (κ2) is 8.62. The van der Waals surface area contributed by atoms with Gasteiger partial charge in [-0.2, -0.15) is 0 Å². The second-order valence-electron chi connectivity index (χ2n) is 7.26. The summed E-state index contributed by atoms with van der Waals surface area (Å²) in [5, 5.41) is 0. The summed E-state index contributed by atoms with van der Waals surface area (Å²) in [6.07, 6.45) is 11.4. The Morgan fingerprint density at radius 3 is 2.46 bits per heavy atom. The lowest BCUT2D eigenvalue weighted by atomic mass is 9.96. The number of thiocarbonyl (C=S) groups is 1. The van der Waals surface area contributed by atoms with Crippen molar-refractivity contribution < 1.29 is 13.6 Å². The summed E-state index contributed by atoms with van der Waals surface area (Å²) in [5.74, 6) is 0.278. The molecule has 0 atom stereocenters. The van der Waals surface area contributed by atoms with Gasteiger partial charge in [0.1, 0.15) is 15.9 Å². The Balaban J connectivity index is 1.58. The summed E-state index contributed by atoms with van der Waals surface area (Å²) in [6, 6.07) is 8.27. The van der Waals surface area contributed by atoms with Gasteiger partial charge in [-0.1, -0.05) is 68.2 Å². The van der Waals surface area contributed by atoms with Crippen LogP contribution in [0.1, 0.15) is 50.7 Å². The highest BCUT2D eigenvalue weighted by atomic mass is 32.2. The quantitative estimate of drug-likeness (QED) is 0.429. The van der Waals surface area contributed by atoms with E-state index in [9.17, 15) is 9.18 Å². The minimum atomic E-state index is -0.283. The van der Waals surface area contributed by atoms with Gasteiger partial charge in [0, 0.05) is 17.7 Å². The molecule has 0 spiro atoms. The van der Waals surface area contributed by atoms with Gasteiger partial charge >= 0.3 is 0 Å². The maximum absolute atomic E-state index is 13.2. The van der Waals surface area contributed by atoms with E-state index in [2.05, 4.69) is 0 Å². The number of hydrogen-bond donors (Lipinski definition) is 0. The maximum Gasteiger partial charge on any atom is 0.266 e. The van der Waals surface area contributed by atoms with Gasteiger partial charge in [-0.05, 0) is 36.6 Å². The van der Waals surface area contributed by atoms with Crippen LogP contribution in [0.5, 0.6) is 0 Å². The van der Waals surface area contributed by atoms with E-state index in [1.807, 2.05) is 11.0 Å². The van der Waals surface area contributed by atoms with E-state index in [4.69, 9.17) is 16.6 Å². The zero-order valence-corrected chi connectivity index (χ0v) is 17.2. The largest absolute Gasteiger partial charge is 0.464 e. The van der Waals surface area contributed by atoms with Crippen LogP contribution in [0, 0.1) is 5.82 Å². The van der Waals surface area contributed by atoms with Crippen molar-refractivity contribution in [3.8, 4) is 11.1 Å². The standard InChI is InChI=1S/C22H22FNO2S2/c23-16-10-8-15(9-11-16)18-12-13-26-19(18)14-20-21(25)24(22(27)28-20)17-6-4-2-1-3-5-7-17/h8-14,17H,1-7H2. The highest BCUT2D eigenvalue weighted by Crippen LogP contribution is 2.38. The fourth-order valence-corrected chi connectivity index (χ4v) is 5.28. The Labute approximate surface area is 174 Å². The van der Waals surface area contributed by atoms with Crippen molar-refractivity contribution in [1.82, 2.24) is 4.90 Å². The lowest BCUT2D eigenvalue weighted by Gasteiger charge is -2.28. The average molecular weight is 416 g/mol.